The zero-order valence-electron chi connectivity index (χ0n) is 14.3. The summed E-state index contributed by atoms with van der Waals surface area (Å²) in [6, 6.07) is 0.513. The number of anilines is 1. The van der Waals surface area contributed by atoms with Gasteiger partial charge in [0.1, 0.15) is 0 Å². The van der Waals surface area contributed by atoms with E-state index >= 15 is 0 Å². The number of hydrogen-bond acceptors (Lipinski definition) is 5. The minimum Gasteiger partial charge on any atom is -0.368 e. The highest BCUT2D eigenvalue weighted by Gasteiger charge is 2.31. The molecule has 0 aromatic carbocycles. The molecule has 0 unspecified atom stereocenters. The number of nitrogens with two attached hydrogens (primary N) is 1. The average Bonchev–Trinajstić information content (AvgIpc) is 3.27. The molecule has 1 saturated heterocycles. The van der Waals surface area contributed by atoms with Crippen LogP contribution in [-0.2, 0) is 4.79 Å². The van der Waals surface area contributed by atoms with Crippen molar-refractivity contribution < 1.29 is 4.79 Å². The van der Waals surface area contributed by atoms with Crippen LogP contribution in [-0.4, -0.2) is 44.4 Å². The van der Waals surface area contributed by atoms with Gasteiger partial charge in [-0.3, -0.25) is 9.36 Å². The minimum absolute atomic E-state index is 0.268. The lowest BCUT2D eigenvalue weighted by Crippen LogP contribution is -2.44. The molecule has 2 N–H and O–H groups in total. The van der Waals surface area contributed by atoms with E-state index in [2.05, 4.69) is 14.8 Å². The summed E-state index contributed by atoms with van der Waals surface area (Å²) >= 11 is 1.76. The van der Waals surface area contributed by atoms with Gasteiger partial charge in [0, 0.05) is 30.3 Å². The number of thioether (sulfide) groups is 1. The topological polar surface area (TPSA) is 77.0 Å². The van der Waals surface area contributed by atoms with Crippen LogP contribution < -0.4 is 5.73 Å². The Hall–Kier alpha value is -1.24. The maximum atomic E-state index is 12.3. The van der Waals surface area contributed by atoms with Crippen molar-refractivity contribution in [1.82, 2.24) is 19.7 Å². The van der Waals surface area contributed by atoms with Gasteiger partial charge >= 0.3 is 0 Å². The Bertz CT molecular complexity index is 568. The molecule has 128 valence electrons. The highest BCUT2D eigenvalue weighted by molar-refractivity contribution is 7.99. The monoisotopic (exact) mass is 337 g/mol. The molecule has 2 fully saturated rings. The SMILES string of the molecule is CC(C)(C)C(=O)N1CCC(CSc2nnc(N)n2C2CC2)CC1. The van der Waals surface area contributed by atoms with Gasteiger partial charge in [0.05, 0.1) is 0 Å². The van der Waals surface area contributed by atoms with Crippen LogP contribution in [0.3, 0.4) is 0 Å². The lowest BCUT2D eigenvalue weighted by atomic mass is 9.92. The summed E-state index contributed by atoms with van der Waals surface area (Å²) in [5, 5.41) is 9.20. The molecule has 0 radical (unpaired) electrons. The van der Waals surface area contributed by atoms with E-state index in [9.17, 15) is 4.79 Å². The third kappa shape index (κ3) is 3.82. The molecule has 0 bridgehead atoms. The molecular weight excluding hydrogens is 310 g/mol. The number of piperidine rings is 1. The fourth-order valence-electron chi connectivity index (χ4n) is 3.03. The van der Waals surface area contributed by atoms with Gasteiger partial charge < -0.3 is 10.6 Å². The Kier molecular flexibility index (Phi) is 4.58. The maximum Gasteiger partial charge on any atom is 0.227 e. The largest absolute Gasteiger partial charge is 0.368 e. The molecule has 1 aromatic rings. The number of carbonyl (C=O) groups excluding carboxylic acids is 1. The zero-order valence-corrected chi connectivity index (χ0v) is 15.1. The van der Waals surface area contributed by atoms with Gasteiger partial charge in [0.15, 0.2) is 5.16 Å². The molecule has 6 nitrogen and oxygen atoms in total. The molecule has 7 heteroatoms. The first-order valence-electron chi connectivity index (χ1n) is 8.49. The summed E-state index contributed by atoms with van der Waals surface area (Å²) in [7, 11) is 0. The molecular formula is C16H27N5OS. The molecule has 2 aliphatic rings. The van der Waals surface area contributed by atoms with E-state index in [1.165, 1.54) is 12.8 Å². The first kappa shape index (κ1) is 16.6. The van der Waals surface area contributed by atoms with Crippen molar-refractivity contribution in [3.05, 3.63) is 0 Å². The lowest BCUT2D eigenvalue weighted by molar-refractivity contribution is -0.140. The van der Waals surface area contributed by atoms with Crippen molar-refractivity contribution in [3.63, 3.8) is 0 Å². The first-order chi connectivity index (χ1) is 10.9. The van der Waals surface area contributed by atoms with Crippen LogP contribution in [0.1, 0.15) is 52.5 Å². The Morgan fingerprint density at radius 1 is 1.22 bits per heavy atom. The molecule has 0 spiro atoms. The third-order valence-corrected chi connectivity index (χ3v) is 5.77. The van der Waals surface area contributed by atoms with E-state index in [1.54, 1.807) is 11.8 Å². The van der Waals surface area contributed by atoms with Crippen molar-refractivity contribution in [1.29, 1.82) is 0 Å². The highest BCUT2D eigenvalue weighted by Crippen LogP contribution is 2.40. The normalized spacial score (nSPS) is 20.0. The second-order valence-corrected chi connectivity index (χ2v) is 8.73. The van der Waals surface area contributed by atoms with Crippen molar-refractivity contribution in [3.8, 4) is 0 Å². The number of carbonyl (C=O) groups is 1. The van der Waals surface area contributed by atoms with Gasteiger partial charge in [-0.1, -0.05) is 32.5 Å². The Morgan fingerprint density at radius 2 is 1.87 bits per heavy atom. The number of rotatable bonds is 4. The highest BCUT2D eigenvalue weighted by atomic mass is 32.2. The van der Waals surface area contributed by atoms with Crippen molar-refractivity contribution in [2.24, 2.45) is 11.3 Å². The van der Waals surface area contributed by atoms with Gasteiger partial charge in [-0.15, -0.1) is 10.2 Å². The van der Waals surface area contributed by atoms with E-state index in [0.717, 1.165) is 36.8 Å². The summed E-state index contributed by atoms with van der Waals surface area (Å²) in [6.07, 6.45) is 4.51. The van der Waals surface area contributed by atoms with Crippen LogP contribution in [0, 0.1) is 11.3 Å². The second-order valence-electron chi connectivity index (χ2n) is 7.74. The number of hydrogen-bond donors (Lipinski definition) is 1. The lowest BCUT2D eigenvalue weighted by Gasteiger charge is -2.35. The van der Waals surface area contributed by atoms with Crippen LogP contribution in [0.15, 0.2) is 5.16 Å². The Balaban J connectivity index is 1.49. The molecule has 1 amide bonds. The quantitative estimate of drug-likeness (QED) is 0.855. The predicted octanol–water partition coefficient (Wildman–Crippen LogP) is 2.57. The number of likely N-dealkylation sites (tertiary alicyclic amines) is 1. The number of nitrogens with zero attached hydrogens (tertiary/aromatic N) is 4. The minimum atomic E-state index is -0.278. The van der Waals surface area contributed by atoms with Crippen LogP contribution in [0.2, 0.25) is 0 Å². The summed E-state index contributed by atoms with van der Waals surface area (Å²) < 4.78 is 2.09. The number of nitrogen functional groups attached to an aromatic ring is 1. The van der Waals surface area contributed by atoms with Gasteiger partial charge in [0.25, 0.3) is 0 Å². The fourth-order valence-corrected chi connectivity index (χ4v) is 4.23. The van der Waals surface area contributed by atoms with Crippen LogP contribution in [0.25, 0.3) is 0 Å². The van der Waals surface area contributed by atoms with Crippen molar-refractivity contribution in [2.45, 2.75) is 57.7 Å². The Morgan fingerprint density at radius 3 is 2.43 bits per heavy atom. The standard InChI is InChI=1S/C16H27N5OS/c1-16(2,3)13(22)20-8-6-11(7-9-20)10-23-15-19-18-14(17)21(15)12-4-5-12/h11-12H,4-10H2,1-3H3,(H2,17,18). The molecule has 2 heterocycles. The number of aromatic nitrogens is 3. The van der Waals surface area contributed by atoms with Crippen molar-refractivity contribution in [2.75, 3.05) is 24.6 Å². The predicted molar refractivity (Wildman–Crippen MR) is 92.2 cm³/mol. The van der Waals surface area contributed by atoms with Gasteiger partial charge in [-0.2, -0.15) is 0 Å². The second kappa shape index (κ2) is 6.34. The first-order valence-corrected chi connectivity index (χ1v) is 9.47. The molecule has 23 heavy (non-hydrogen) atoms. The van der Waals surface area contributed by atoms with Gasteiger partial charge in [0.2, 0.25) is 11.9 Å². The van der Waals surface area contributed by atoms with Crippen molar-refractivity contribution >= 4 is 23.6 Å². The maximum absolute atomic E-state index is 12.3. The van der Waals surface area contributed by atoms with Crippen LogP contribution in [0.5, 0.6) is 0 Å². The summed E-state index contributed by atoms with van der Waals surface area (Å²) in [4.78, 5) is 14.3. The van der Waals surface area contributed by atoms with E-state index < -0.39 is 0 Å². The number of amides is 1. The zero-order chi connectivity index (χ0) is 16.6. The van der Waals surface area contributed by atoms with Gasteiger partial charge in [-0.05, 0) is 31.6 Å². The molecule has 0 atom stereocenters. The fraction of sp³-hybridized carbons (Fsp3) is 0.812. The van der Waals surface area contributed by atoms with E-state index in [-0.39, 0.29) is 11.3 Å². The van der Waals surface area contributed by atoms with E-state index in [4.69, 9.17) is 5.73 Å². The molecule has 3 rings (SSSR count). The average molecular weight is 337 g/mol. The van der Waals surface area contributed by atoms with E-state index in [0.29, 0.717) is 17.9 Å². The molecule has 1 aliphatic heterocycles. The Labute approximate surface area is 142 Å². The van der Waals surface area contributed by atoms with Crippen LogP contribution >= 0.6 is 11.8 Å². The molecule has 1 aromatic heterocycles. The summed E-state index contributed by atoms with van der Waals surface area (Å²) in [5.41, 5.74) is 5.64. The summed E-state index contributed by atoms with van der Waals surface area (Å²) in [5.74, 6) is 2.47. The third-order valence-electron chi connectivity index (χ3n) is 4.59. The molecule has 1 saturated carbocycles. The smallest absolute Gasteiger partial charge is 0.227 e. The molecule has 1 aliphatic carbocycles. The summed E-state index contributed by atoms with van der Waals surface area (Å²) in [6.45, 7) is 7.72. The van der Waals surface area contributed by atoms with Crippen LogP contribution in [0.4, 0.5) is 5.95 Å². The van der Waals surface area contributed by atoms with E-state index in [1.807, 2.05) is 25.7 Å². The van der Waals surface area contributed by atoms with Gasteiger partial charge in [-0.25, -0.2) is 0 Å².